The molecule has 154 valence electrons. The van der Waals surface area contributed by atoms with Crippen LogP contribution in [-0.2, 0) is 21.4 Å². The molecule has 2 fully saturated rings. The molecular formula is C21H23N2O6-. The lowest BCUT2D eigenvalue weighted by Gasteiger charge is -2.71. The van der Waals surface area contributed by atoms with Crippen LogP contribution in [0.3, 0.4) is 0 Å². The molecule has 0 radical (unpaired) electrons. The van der Waals surface area contributed by atoms with Crippen LogP contribution < -0.4 is 9.47 Å². The third kappa shape index (κ3) is 1.64. The van der Waals surface area contributed by atoms with E-state index in [0.29, 0.717) is 37.3 Å². The first kappa shape index (κ1) is 17.7. The van der Waals surface area contributed by atoms with Gasteiger partial charge in [-0.05, 0) is 30.9 Å². The molecule has 1 saturated carbocycles. The van der Waals surface area contributed by atoms with Gasteiger partial charge in [0.2, 0.25) is 6.41 Å². The second kappa shape index (κ2) is 5.31. The van der Waals surface area contributed by atoms with Crippen molar-refractivity contribution in [3.8, 4) is 11.5 Å². The molecule has 8 heteroatoms. The molecule has 1 amide bonds. The zero-order chi connectivity index (χ0) is 20.2. The van der Waals surface area contributed by atoms with Crippen molar-refractivity contribution >= 4 is 6.41 Å². The number of carbonyl (C=O) groups excluding carboxylic acids is 1. The molecule has 1 N–H and O–H groups in total. The van der Waals surface area contributed by atoms with Crippen molar-refractivity contribution in [2.75, 3.05) is 20.8 Å². The number of benzene rings is 1. The standard InChI is InChI=1S/C21H23N2O6/c1-27-13-4-3-12-9-14-19-5-6-21(28-2,15(10-19)23(25)26)18-20(19,7-8-22(14)11-24)16(12)17(13)29-18/h3-6,11,14-15,18,25H,7-10H2,1-2H3/q-1/t14-,15+,18+,19-,20+,21-/m1/s1. The number of hydrogen-bond donors (Lipinski definition) is 1. The fraction of sp³-hybridized carbons (Fsp3) is 0.571. The van der Waals surface area contributed by atoms with Crippen LogP contribution in [0.5, 0.6) is 11.5 Å². The Bertz CT molecular complexity index is 949. The molecule has 8 nitrogen and oxygen atoms in total. The topological polar surface area (TPSA) is 94.5 Å². The largest absolute Gasteiger partial charge is 0.762 e. The summed E-state index contributed by atoms with van der Waals surface area (Å²) < 4.78 is 18.2. The molecule has 7 rings (SSSR count). The molecule has 2 spiro atoms. The second-order valence-corrected chi connectivity index (χ2v) is 8.87. The van der Waals surface area contributed by atoms with Crippen LogP contribution in [0.25, 0.3) is 0 Å². The third-order valence-electron chi connectivity index (χ3n) is 8.42. The van der Waals surface area contributed by atoms with Crippen LogP contribution in [0.4, 0.5) is 0 Å². The van der Waals surface area contributed by atoms with Gasteiger partial charge < -0.3 is 29.5 Å². The maximum atomic E-state index is 12.3. The SMILES string of the molecule is COc1ccc2c3c1O[C@@H]1[C@@]4(OC)C=C[C@@]5(C[C@@H]4N([O-])O)[C@@H](C2)N(C=O)CC[C@]315. The quantitative estimate of drug-likeness (QED) is 0.464. The summed E-state index contributed by atoms with van der Waals surface area (Å²) in [4.78, 5) is 13.8. The van der Waals surface area contributed by atoms with E-state index in [2.05, 4.69) is 12.1 Å². The minimum absolute atomic E-state index is 0.0156. The van der Waals surface area contributed by atoms with Gasteiger partial charge in [-0.3, -0.25) is 10.0 Å². The summed E-state index contributed by atoms with van der Waals surface area (Å²) in [7, 11) is 3.17. The second-order valence-electron chi connectivity index (χ2n) is 8.87. The lowest BCUT2D eigenvalue weighted by atomic mass is 9.38. The van der Waals surface area contributed by atoms with E-state index in [9.17, 15) is 15.2 Å². The van der Waals surface area contributed by atoms with Gasteiger partial charge in [0.05, 0.1) is 18.6 Å². The molecule has 6 aliphatic rings. The number of hydroxylamine groups is 2. The number of likely N-dealkylation sites (tertiary alicyclic amines) is 1. The molecule has 2 aliphatic heterocycles. The van der Waals surface area contributed by atoms with Crippen LogP contribution in [0.1, 0.15) is 24.0 Å². The maximum Gasteiger partial charge on any atom is 0.209 e. The Hall–Kier alpha value is -2.13. The fourth-order valence-electron chi connectivity index (χ4n) is 7.36. The molecule has 4 aliphatic carbocycles. The van der Waals surface area contributed by atoms with E-state index >= 15 is 0 Å². The van der Waals surface area contributed by atoms with Crippen molar-refractivity contribution in [3.05, 3.63) is 40.6 Å². The Kier molecular flexibility index (Phi) is 3.24. The van der Waals surface area contributed by atoms with Gasteiger partial charge in [0.1, 0.15) is 11.7 Å². The minimum Gasteiger partial charge on any atom is -0.762 e. The Morgan fingerprint density at radius 3 is 2.90 bits per heavy atom. The van der Waals surface area contributed by atoms with E-state index < -0.39 is 28.6 Å². The lowest BCUT2D eigenvalue weighted by molar-refractivity contribution is -0.250. The van der Waals surface area contributed by atoms with E-state index in [1.807, 2.05) is 17.0 Å². The summed E-state index contributed by atoms with van der Waals surface area (Å²) in [6.45, 7) is 0.615. The number of rotatable bonds is 4. The molecule has 1 aromatic rings. The predicted octanol–water partition coefficient (Wildman–Crippen LogP) is 1.38. The molecule has 0 unspecified atom stereocenters. The number of amides is 1. The minimum atomic E-state index is -1.09. The Balaban J connectivity index is 1.70. The monoisotopic (exact) mass is 399 g/mol. The molecule has 6 atom stereocenters. The third-order valence-corrected chi connectivity index (χ3v) is 8.42. The van der Waals surface area contributed by atoms with E-state index in [1.54, 1.807) is 14.2 Å². The van der Waals surface area contributed by atoms with Crippen LogP contribution >= 0.6 is 0 Å². The Labute approximate surface area is 168 Å². The average molecular weight is 399 g/mol. The zero-order valence-electron chi connectivity index (χ0n) is 16.3. The molecule has 4 bridgehead atoms. The summed E-state index contributed by atoms with van der Waals surface area (Å²) in [5, 5.41) is 22.3. The Morgan fingerprint density at radius 1 is 1.38 bits per heavy atom. The van der Waals surface area contributed by atoms with Crippen molar-refractivity contribution in [1.29, 1.82) is 0 Å². The van der Waals surface area contributed by atoms with Crippen LogP contribution in [0.2, 0.25) is 0 Å². The van der Waals surface area contributed by atoms with Crippen molar-refractivity contribution in [3.63, 3.8) is 0 Å². The van der Waals surface area contributed by atoms with Gasteiger partial charge in [-0.25, -0.2) is 0 Å². The van der Waals surface area contributed by atoms with Gasteiger partial charge in [0, 0.05) is 30.7 Å². The van der Waals surface area contributed by atoms with E-state index in [-0.39, 0.29) is 11.3 Å². The van der Waals surface area contributed by atoms with Gasteiger partial charge in [-0.2, -0.15) is 0 Å². The molecular weight excluding hydrogens is 376 g/mol. The van der Waals surface area contributed by atoms with Gasteiger partial charge in [0.15, 0.2) is 11.5 Å². The molecule has 0 aromatic heterocycles. The van der Waals surface area contributed by atoms with Crippen LogP contribution in [0.15, 0.2) is 24.3 Å². The number of carbonyl (C=O) groups is 1. The van der Waals surface area contributed by atoms with Crippen molar-refractivity contribution in [2.45, 2.75) is 48.5 Å². The van der Waals surface area contributed by atoms with Crippen molar-refractivity contribution in [1.82, 2.24) is 10.1 Å². The highest BCUT2D eigenvalue weighted by atomic mass is 16.8. The first-order valence-electron chi connectivity index (χ1n) is 9.98. The first-order valence-corrected chi connectivity index (χ1v) is 9.98. The van der Waals surface area contributed by atoms with Crippen LogP contribution in [0, 0.1) is 10.6 Å². The summed E-state index contributed by atoms with van der Waals surface area (Å²) in [6, 6.07) is 3.03. The highest BCUT2D eigenvalue weighted by molar-refractivity contribution is 5.67. The van der Waals surface area contributed by atoms with E-state index in [1.165, 1.54) is 0 Å². The van der Waals surface area contributed by atoms with Crippen LogP contribution in [-0.4, -0.2) is 66.3 Å². The maximum absolute atomic E-state index is 12.3. The van der Waals surface area contributed by atoms with E-state index in [4.69, 9.17) is 14.2 Å². The normalized spacial score (nSPS) is 42.7. The van der Waals surface area contributed by atoms with Gasteiger partial charge in [0.25, 0.3) is 0 Å². The highest BCUT2D eigenvalue weighted by Crippen LogP contribution is 2.73. The number of piperidine rings is 1. The predicted molar refractivity (Wildman–Crippen MR) is 101 cm³/mol. The molecule has 29 heavy (non-hydrogen) atoms. The van der Waals surface area contributed by atoms with Gasteiger partial charge >= 0.3 is 0 Å². The van der Waals surface area contributed by atoms with Gasteiger partial charge in [-0.1, -0.05) is 18.2 Å². The zero-order valence-corrected chi connectivity index (χ0v) is 16.3. The van der Waals surface area contributed by atoms with Gasteiger partial charge in [-0.15, -0.1) is 0 Å². The Morgan fingerprint density at radius 2 is 2.21 bits per heavy atom. The molecule has 1 saturated heterocycles. The lowest BCUT2D eigenvalue weighted by Crippen LogP contribution is -2.81. The number of hydrogen-bond acceptors (Lipinski definition) is 7. The smallest absolute Gasteiger partial charge is 0.209 e. The highest BCUT2D eigenvalue weighted by Gasteiger charge is 2.79. The number of fused-ring (bicyclic) bond motifs is 1. The summed E-state index contributed by atoms with van der Waals surface area (Å²) in [6.07, 6.45) is 6.20. The summed E-state index contributed by atoms with van der Waals surface area (Å²) in [5.41, 5.74) is 0.231. The van der Waals surface area contributed by atoms with E-state index in [0.717, 1.165) is 17.5 Å². The fourth-order valence-corrected chi connectivity index (χ4v) is 7.36. The summed E-state index contributed by atoms with van der Waals surface area (Å²) in [5.74, 6) is 1.36. The van der Waals surface area contributed by atoms with Crippen molar-refractivity contribution < 1.29 is 24.2 Å². The number of methoxy groups -OCH3 is 2. The first-order chi connectivity index (χ1) is 14.0. The average Bonchev–Trinajstić information content (AvgIpc) is 3.10. The summed E-state index contributed by atoms with van der Waals surface area (Å²) >= 11 is 0. The number of ether oxygens (including phenoxy) is 3. The molecule has 1 aromatic carbocycles. The molecule has 2 heterocycles. The number of nitrogens with zero attached hydrogens (tertiary/aromatic N) is 2. The van der Waals surface area contributed by atoms with Crippen molar-refractivity contribution in [2.24, 2.45) is 5.41 Å².